The molecule has 0 radical (unpaired) electrons. The van der Waals surface area contributed by atoms with Gasteiger partial charge in [-0.05, 0) is 30.9 Å². The molecule has 0 unspecified atom stereocenters. The Morgan fingerprint density at radius 3 is 2.75 bits per heavy atom. The van der Waals surface area contributed by atoms with E-state index in [1.165, 1.54) is 24.6 Å². The quantitative estimate of drug-likeness (QED) is 0.684. The normalized spacial score (nSPS) is 22.3. The minimum Gasteiger partial charge on any atom is -0.349 e. The van der Waals surface area contributed by atoms with Gasteiger partial charge in [-0.25, -0.2) is 0 Å². The number of nitro groups is 1. The number of hydrogen-bond acceptors (Lipinski definition) is 3. The van der Waals surface area contributed by atoms with Crippen molar-refractivity contribution in [3.63, 3.8) is 0 Å². The summed E-state index contributed by atoms with van der Waals surface area (Å²) < 4.78 is 0. The first kappa shape index (κ1) is 14.8. The highest BCUT2D eigenvalue weighted by molar-refractivity contribution is 6.32. The van der Waals surface area contributed by atoms with Gasteiger partial charge in [-0.2, -0.15) is 0 Å². The van der Waals surface area contributed by atoms with Gasteiger partial charge < -0.3 is 5.32 Å². The fraction of sp³-hybridized carbons (Fsp3) is 0.500. The number of nitro benzene ring substituents is 1. The van der Waals surface area contributed by atoms with E-state index in [0.29, 0.717) is 5.92 Å². The maximum Gasteiger partial charge on any atom is 0.288 e. The van der Waals surface area contributed by atoms with Crippen molar-refractivity contribution in [3.8, 4) is 0 Å². The summed E-state index contributed by atoms with van der Waals surface area (Å²) in [6.07, 6.45) is 4.37. The Morgan fingerprint density at radius 1 is 1.40 bits per heavy atom. The Morgan fingerprint density at radius 2 is 2.10 bits per heavy atom. The van der Waals surface area contributed by atoms with Gasteiger partial charge in [0, 0.05) is 17.7 Å². The zero-order valence-corrected chi connectivity index (χ0v) is 12.0. The van der Waals surface area contributed by atoms with Gasteiger partial charge in [0.05, 0.1) is 4.92 Å². The van der Waals surface area contributed by atoms with E-state index in [4.69, 9.17) is 11.6 Å². The Kier molecular flexibility index (Phi) is 4.60. The number of amides is 1. The fourth-order valence-corrected chi connectivity index (χ4v) is 2.76. The van der Waals surface area contributed by atoms with Crippen LogP contribution >= 0.6 is 11.6 Å². The van der Waals surface area contributed by atoms with Gasteiger partial charge in [-0.1, -0.05) is 31.4 Å². The summed E-state index contributed by atoms with van der Waals surface area (Å²) >= 11 is 5.74. The van der Waals surface area contributed by atoms with Gasteiger partial charge in [0.2, 0.25) is 0 Å². The number of halogens is 1. The Labute approximate surface area is 122 Å². The van der Waals surface area contributed by atoms with Crippen LogP contribution in [0.3, 0.4) is 0 Å². The average Bonchev–Trinajstić information content (AvgIpc) is 2.41. The standard InChI is InChI=1S/C14H17ClN2O3/c1-9-4-2-3-5-12(9)16-14(18)10-6-7-11(15)13(8-10)17(19)20/h6-9,12H,2-5H2,1H3,(H,16,18)/t9-,12-/m1/s1. The Balaban J connectivity index is 2.13. The smallest absolute Gasteiger partial charge is 0.288 e. The molecular formula is C14H17ClN2O3. The summed E-state index contributed by atoms with van der Waals surface area (Å²) in [7, 11) is 0. The molecule has 1 aliphatic rings. The maximum absolute atomic E-state index is 12.2. The van der Waals surface area contributed by atoms with Crippen LogP contribution in [0.5, 0.6) is 0 Å². The Hall–Kier alpha value is -1.62. The lowest BCUT2D eigenvalue weighted by molar-refractivity contribution is -0.384. The highest BCUT2D eigenvalue weighted by Crippen LogP contribution is 2.26. The summed E-state index contributed by atoms with van der Waals surface area (Å²) in [6, 6.07) is 4.27. The predicted octanol–water partition coefficient (Wildman–Crippen LogP) is 3.56. The number of carbonyl (C=O) groups is 1. The van der Waals surface area contributed by atoms with Crippen LogP contribution in [-0.2, 0) is 0 Å². The molecule has 0 aliphatic heterocycles. The molecule has 1 saturated carbocycles. The van der Waals surface area contributed by atoms with E-state index in [0.717, 1.165) is 19.3 Å². The van der Waals surface area contributed by atoms with E-state index in [1.807, 2.05) is 0 Å². The average molecular weight is 297 g/mol. The zero-order chi connectivity index (χ0) is 14.7. The molecule has 1 aromatic rings. The zero-order valence-electron chi connectivity index (χ0n) is 11.3. The molecule has 1 amide bonds. The molecule has 0 spiro atoms. The van der Waals surface area contributed by atoms with Crippen LogP contribution < -0.4 is 5.32 Å². The van der Waals surface area contributed by atoms with Crippen LogP contribution in [0.25, 0.3) is 0 Å². The van der Waals surface area contributed by atoms with Gasteiger partial charge in [0.25, 0.3) is 11.6 Å². The monoisotopic (exact) mass is 296 g/mol. The summed E-state index contributed by atoms with van der Waals surface area (Å²) in [5, 5.41) is 13.8. The number of nitrogens with zero attached hydrogens (tertiary/aromatic N) is 1. The molecule has 2 atom stereocenters. The van der Waals surface area contributed by atoms with Crippen molar-refractivity contribution in [1.82, 2.24) is 5.32 Å². The second kappa shape index (κ2) is 6.22. The van der Waals surface area contributed by atoms with Gasteiger partial charge >= 0.3 is 0 Å². The van der Waals surface area contributed by atoms with Crippen molar-refractivity contribution in [2.45, 2.75) is 38.6 Å². The molecule has 1 fully saturated rings. The number of carbonyl (C=O) groups excluding carboxylic acids is 1. The lowest BCUT2D eigenvalue weighted by Crippen LogP contribution is -2.41. The second-order valence-electron chi connectivity index (χ2n) is 5.26. The second-order valence-corrected chi connectivity index (χ2v) is 5.67. The predicted molar refractivity (Wildman–Crippen MR) is 77.0 cm³/mol. The van der Waals surface area contributed by atoms with Crippen molar-refractivity contribution in [1.29, 1.82) is 0 Å². The number of nitrogens with one attached hydrogen (secondary N) is 1. The molecule has 2 rings (SSSR count). The van der Waals surface area contributed by atoms with Gasteiger partial charge in [0.15, 0.2) is 0 Å². The van der Waals surface area contributed by atoms with Crippen LogP contribution in [0.2, 0.25) is 5.02 Å². The summed E-state index contributed by atoms with van der Waals surface area (Å²) in [5.41, 5.74) is 0.0369. The lowest BCUT2D eigenvalue weighted by atomic mass is 9.86. The molecule has 1 aliphatic carbocycles. The van der Waals surface area contributed by atoms with Crippen molar-refractivity contribution < 1.29 is 9.72 Å². The van der Waals surface area contributed by atoms with Gasteiger partial charge in [-0.15, -0.1) is 0 Å². The van der Waals surface area contributed by atoms with Crippen molar-refractivity contribution in [2.24, 2.45) is 5.92 Å². The first-order chi connectivity index (χ1) is 9.49. The van der Waals surface area contributed by atoms with Crippen molar-refractivity contribution in [2.75, 3.05) is 0 Å². The topological polar surface area (TPSA) is 72.2 Å². The number of hydrogen-bond donors (Lipinski definition) is 1. The number of rotatable bonds is 3. The van der Waals surface area contributed by atoms with Crippen LogP contribution in [-0.4, -0.2) is 16.9 Å². The third-order valence-corrected chi connectivity index (χ3v) is 4.15. The largest absolute Gasteiger partial charge is 0.349 e. The van der Waals surface area contributed by atoms with E-state index >= 15 is 0 Å². The Bertz CT molecular complexity index is 533. The first-order valence-corrected chi connectivity index (χ1v) is 7.11. The van der Waals surface area contributed by atoms with E-state index in [-0.39, 0.29) is 28.2 Å². The number of benzene rings is 1. The lowest BCUT2D eigenvalue weighted by Gasteiger charge is -2.29. The molecule has 0 aromatic heterocycles. The van der Waals surface area contributed by atoms with Gasteiger partial charge in [0.1, 0.15) is 5.02 Å². The molecule has 0 bridgehead atoms. The summed E-state index contributed by atoms with van der Waals surface area (Å²) in [5.74, 6) is 0.165. The van der Waals surface area contributed by atoms with E-state index in [1.54, 1.807) is 0 Å². The minimum atomic E-state index is -0.581. The van der Waals surface area contributed by atoms with Crippen molar-refractivity contribution >= 4 is 23.2 Å². The van der Waals surface area contributed by atoms with Gasteiger partial charge in [-0.3, -0.25) is 14.9 Å². The minimum absolute atomic E-state index is 0.0394. The van der Waals surface area contributed by atoms with E-state index in [9.17, 15) is 14.9 Å². The van der Waals surface area contributed by atoms with Crippen LogP contribution in [0.4, 0.5) is 5.69 Å². The highest BCUT2D eigenvalue weighted by atomic mass is 35.5. The van der Waals surface area contributed by atoms with E-state index < -0.39 is 4.92 Å². The van der Waals surface area contributed by atoms with Crippen LogP contribution in [0.1, 0.15) is 43.0 Å². The van der Waals surface area contributed by atoms with Crippen LogP contribution in [0.15, 0.2) is 18.2 Å². The van der Waals surface area contributed by atoms with Crippen molar-refractivity contribution in [3.05, 3.63) is 38.9 Å². The summed E-state index contributed by atoms with van der Waals surface area (Å²) in [6.45, 7) is 2.12. The molecule has 0 saturated heterocycles. The first-order valence-electron chi connectivity index (χ1n) is 6.74. The fourth-order valence-electron chi connectivity index (χ4n) is 2.58. The molecule has 0 heterocycles. The molecule has 1 N–H and O–H groups in total. The summed E-state index contributed by atoms with van der Waals surface area (Å²) in [4.78, 5) is 22.4. The maximum atomic E-state index is 12.2. The molecule has 6 heteroatoms. The molecule has 108 valence electrons. The SMILES string of the molecule is C[C@@H]1CCCC[C@H]1NC(=O)c1ccc(Cl)c([N+](=O)[O-])c1. The molecule has 20 heavy (non-hydrogen) atoms. The molecule has 5 nitrogen and oxygen atoms in total. The highest BCUT2D eigenvalue weighted by Gasteiger charge is 2.24. The van der Waals surface area contributed by atoms with Crippen LogP contribution in [0, 0.1) is 16.0 Å². The third kappa shape index (κ3) is 3.28. The third-order valence-electron chi connectivity index (χ3n) is 3.83. The molecular weight excluding hydrogens is 280 g/mol. The van der Waals surface area contributed by atoms with E-state index in [2.05, 4.69) is 12.2 Å². The molecule has 1 aromatic carbocycles.